The molecule has 0 bridgehead atoms. The Bertz CT molecular complexity index is 1380. The van der Waals surface area contributed by atoms with Crippen LogP contribution in [0.2, 0.25) is 0 Å². The zero-order valence-corrected chi connectivity index (χ0v) is 16.0. The highest BCUT2D eigenvalue weighted by Crippen LogP contribution is 2.41. The summed E-state index contributed by atoms with van der Waals surface area (Å²) in [5, 5.41) is 5.17. The van der Waals surface area contributed by atoms with E-state index in [1.165, 1.54) is 43.5 Å². The van der Waals surface area contributed by atoms with Crippen LogP contribution in [0.3, 0.4) is 0 Å². The first-order chi connectivity index (χ1) is 14.4. The molecule has 0 N–H and O–H groups in total. The molecule has 6 rings (SSSR count). The number of rotatable bonds is 2. The second-order valence-electron chi connectivity index (χ2n) is 7.77. The zero-order valence-electron chi connectivity index (χ0n) is 16.0. The molecule has 0 amide bonds. The van der Waals surface area contributed by atoms with E-state index in [0.29, 0.717) is 0 Å². The van der Waals surface area contributed by atoms with E-state index < -0.39 is 0 Å². The average molecular weight is 367 g/mol. The van der Waals surface area contributed by atoms with E-state index in [0.717, 1.165) is 0 Å². The van der Waals surface area contributed by atoms with Gasteiger partial charge in [0.1, 0.15) is 0 Å². The van der Waals surface area contributed by atoms with Gasteiger partial charge in [0.05, 0.1) is 5.41 Å². The first-order valence-electron chi connectivity index (χ1n) is 10.0. The van der Waals surface area contributed by atoms with E-state index in [9.17, 15) is 0 Å². The maximum absolute atomic E-state index is 3.20. The molecule has 4 aromatic carbocycles. The molecule has 4 aromatic rings. The third-order valence-corrected chi connectivity index (χ3v) is 6.21. The molecule has 0 nitrogen and oxygen atoms in total. The largest absolute Gasteiger partial charge is 0.0651 e. The van der Waals surface area contributed by atoms with Crippen molar-refractivity contribution in [1.29, 1.82) is 0 Å². The first kappa shape index (κ1) is 16.3. The summed E-state index contributed by atoms with van der Waals surface area (Å²) in [6.45, 7) is 0. The maximum atomic E-state index is 3.20. The molecule has 0 atom stereocenters. The van der Waals surface area contributed by atoms with Crippen molar-refractivity contribution in [2.24, 2.45) is 0 Å². The van der Waals surface area contributed by atoms with E-state index in [2.05, 4.69) is 115 Å². The topological polar surface area (TPSA) is 0 Å². The Morgan fingerprint density at radius 2 is 1.45 bits per heavy atom. The van der Waals surface area contributed by atoms with Crippen LogP contribution in [0.5, 0.6) is 0 Å². The van der Waals surface area contributed by atoms with Gasteiger partial charge in [-0.2, -0.15) is 0 Å². The van der Waals surface area contributed by atoms with Gasteiger partial charge in [-0.3, -0.25) is 0 Å². The molecule has 0 spiro atoms. The van der Waals surface area contributed by atoms with Crippen molar-refractivity contribution in [2.45, 2.75) is 5.41 Å². The summed E-state index contributed by atoms with van der Waals surface area (Å²) >= 11 is 0. The Morgan fingerprint density at radius 1 is 0.724 bits per heavy atom. The summed E-state index contributed by atoms with van der Waals surface area (Å²) in [5.74, 6) is 0. The van der Waals surface area contributed by atoms with Crippen molar-refractivity contribution in [3.63, 3.8) is 0 Å². The number of allylic oxidation sites excluding steroid dienone is 4. The van der Waals surface area contributed by atoms with Crippen molar-refractivity contribution in [3.8, 4) is 0 Å². The van der Waals surface area contributed by atoms with Crippen molar-refractivity contribution >= 4 is 22.4 Å². The normalized spacial score (nSPS) is 16.1. The van der Waals surface area contributed by atoms with Crippen LogP contribution >= 0.6 is 0 Å². The van der Waals surface area contributed by atoms with E-state index in [-0.39, 0.29) is 5.41 Å². The van der Waals surface area contributed by atoms with Gasteiger partial charge >= 0.3 is 0 Å². The lowest BCUT2D eigenvalue weighted by Gasteiger charge is -2.32. The minimum atomic E-state index is -0.260. The lowest BCUT2D eigenvalue weighted by atomic mass is 9.70. The van der Waals surface area contributed by atoms with E-state index in [4.69, 9.17) is 0 Å². The van der Waals surface area contributed by atoms with Crippen LogP contribution in [-0.2, 0) is 5.41 Å². The molecular formula is C29H19. The van der Waals surface area contributed by atoms with Gasteiger partial charge in [-0.15, -0.1) is 0 Å². The SMILES string of the molecule is [c]1ccc2c3c(ccc2c1)=C1C=CC(c2ccccc2)(c2ccccc2)C=C1C=3. The van der Waals surface area contributed by atoms with Crippen molar-refractivity contribution in [1.82, 2.24) is 0 Å². The predicted molar refractivity (Wildman–Crippen MR) is 121 cm³/mol. The molecular weight excluding hydrogens is 348 g/mol. The summed E-state index contributed by atoms with van der Waals surface area (Å²) in [4.78, 5) is 0. The summed E-state index contributed by atoms with van der Waals surface area (Å²) in [5.41, 5.74) is 4.94. The zero-order chi connectivity index (χ0) is 19.3. The Kier molecular flexibility index (Phi) is 3.48. The minimum absolute atomic E-state index is 0.260. The second-order valence-corrected chi connectivity index (χ2v) is 7.77. The molecule has 135 valence electrons. The molecule has 0 saturated heterocycles. The summed E-state index contributed by atoms with van der Waals surface area (Å²) in [6.07, 6.45) is 9.48. The minimum Gasteiger partial charge on any atom is -0.0651 e. The molecule has 0 heteroatoms. The molecule has 2 aliphatic carbocycles. The Hall–Kier alpha value is -3.64. The quantitative estimate of drug-likeness (QED) is 0.464. The van der Waals surface area contributed by atoms with Crippen LogP contribution in [-0.4, -0.2) is 0 Å². The maximum Gasteiger partial charge on any atom is 0.0574 e. The third kappa shape index (κ3) is 2.39. The summed E-state index contributed by atoms with van der Waals surface area (Å²) in [6, 6.07) is 35.5. The Labute approximate surface area is 170 Å². The van der Waals surface area contributed by atoms with Gasteiger partial charge in [0.2, 0.25) is 0 Å². The molecule has 0 aliphatic heterocycles. The molecule has 0 aromatic heterocycles. The predicted octanol–water partition coefficient (Wildman–Crippen LogP) is 5.07. The summed E-state index contributed by atoms with van der Waals surface area (Å²) < 4.78 is 0. The second kappa shape index (κ2) is 6.18. The van der Waals surface area contributed by atoms with Crippen molar-refractivity contribution < 1.29 is 0 Å². The molecule has 0 fully saturated rings. The molecule has 0 saturated carbocycles. The molecule has 29 heavy (non-hydrogen) atoms. The lowest BCUT2D eigenvalue weighted by molar-refractivity contribution is 0.808. The Morgan fingerprint density at radius 3 is 2.17 bits per heavy atom. The highest BCUT2D eigenvalue weighted by molar-refractivity contribution is 5.95. The fourth-order valence-electron chi connectivity index (χ4n) is 4.78. The smallest absolute Gasteiger partial charge is 0.0574 e. The van der Waals surface area contributed by atoms with Crippen LogP contribution < -0.4 is 10.4 Å². The third-order valence-electron chi connectivity index (χ3n) is 6.21. The van der Waals surface area contributed by atoms with Gasteiger partial charge in [0.15, 0.2) is 0 Å². The monoisotopic (exact) mass is 367 g/mol. The number of fused-ring (bicyclic) bond motifs is 4. The van der Waals surface area contributed by atoms with Gasteiger partial charge < -0.3 is 0 Å². The first-order valence-corrected chi connectivity index (χ1v) is 10.0. The molecule has 0 heterocycles. The number of benzene rings is 4. The van der Waals surface area contributed by atoms with Crippen LogP contribution in [0, 0.1) is 6.07 Å². The van der Waals surface area contributed by atoms with Crippen LogP contribution in [0.4, 0.5) is 0 Å². The Balaban J connectivity index is 1.66. The number of hydrogen-bond donors (Lipinski definition) is 0. The van der Waals surface area contributed by atoms with Crippen LogP contribution in [0.25, 0.3) is 22.4 Å². The molecule has 0 unspecified atom stereocenters. The lowest BCUT2D eigenvalue weighted by Crippen LogP contribution is -2.26. The number of hydrogen-bond acceptors (Lipinski definition) is 0. The van der Waals surface area contributed by atoms with Gasteiger partial charge in [0, 0.05) is 0 Å². The standard InChI is InChI=1S/C29H19/c1-3-10-23(11-4-1)29(24-12-5-2-6-13-24)18-17-26-22(20-29)19-28-25-14-8-7-9-21(25)15-16-27(26)28/h1-6,8-20H. The van der Waals surface area contributed by atoms with E-state index in [1.54, 1.807) is 0 Å². The van der Waals surface area contributed by atoms with Crippen LogP contribution in [0.15, 0.2) is 115 Å². The van der Waals surface area contributed by atoms with E-state index in [1.807, 2.05) is 6.07 Å². The highest BCUT2D eigenvalue weighted by atomic mass is 14.3. The molecule has 2 aliphatic rings. The van der Waals surface area contributed by atoms with Gasteiger partial charge in [-0.1, -0.05) is 103 Å². The van der Waals surface area contributed by atoms with Gasteiger partial charge in [-0.25, -0.2) is 0 Å². The van der Waals surface area contributed by atoms with Gasteiger partial charge in [0.25, 0.3) is 0 Å². The fraction of sp³-hybridized carbons (Fsp3) is 0.0345. The fourth-order valence-corrected chi connectivity index (χ4v) is 4.78. The van der Waals surface area contributed by atoms with E-state index >= 15 is 0 Å². The van der Waals surface area contributed by atoms with Crippen molar-refractivity contribution in [3.05, 3.63) is 142 Å². The van der Waals surface area contributed by atoms with Crippen molar-refractivity contribution in [2.75, 3.05) is 0 Å². The average Bonchev–Trinajstić information content (AvgIpc) is 3.18. The summed E-state index contributed by atoms with van der Waals surface area (Å²) in [7, 11) is 0. The van der Waals surface area contributed by atoms with Gasteiger partial charge in [-0.05, 0) is 61.7 Å². The van der Waals surface area contributed by atoms with Crippen LogP contribution in [0.1, 0.15) is 11.1 Å². The highest BCUT2D eigenvalue weighted by Gasteiger charge is 2.33. The molecule has 1 radical (unpaired) electrons.